The molecule has 0 bridgehead atoms. The minimum atomic E-state index is -0.203. The molecule has 51 heavy (non-hydrogen) atoms. The molecule has 260 valence electrons. The van der Waals surface area contributed by atoms with Crippen molar-refractivity contribution >= 4 is 23.4 Å². The predicted octanol–water partition coefficient (Wildman–Crippen LogP) is 6.66. The quantitative estimate of drug-likeness (QED) is 0.207. The van der Waals surface area contributed by atoms with Crippen LogP contribution in [0.4, 0.5) is 5.69 Å². The summed E-state index contributed by atoms with van der Waals surface area (Å²) in [5, 5.41) is 9.77. The van der Waals surface area contributed by atoms with Crippen LogP contribution in [0.2, 0.25) is 0 Å². The van der Waals surface area contributed by atoms with E-state index in [0.29, 0.717) is 36.4 Å². The van der Waals surface area contributed by atoms with Crippen LogP contribution in [0.15, 0.2) is 91.0 Å². The molecule has 9 heteroatoms. The van der Waals surface area contributed by atoms with Gasteiger partial charge in [0, 0.05) is 68.0 Å². The average Bonchev–Trinajstić information content (AvgIpc) is 3.70. The Morgan fingerprint density at radius 1 is 0.843 bits per heavy atom. The first-order valence-electron chi connectivity index (χ1n) is 17.2. The van der Waals surface area contributed by atoms with Gasteiger partial charge in [0.05, 0.1) is 19.1 Å². The van der Waals surface area contributed by atoms with Crippen LogP contribution in [0.5, 0.6) is 11.5 Å². The molecule has 3 heterocycles. The van der Waals surface area contributed by atoms with Gasteiger partial charge >= 0.3 is 0 Å². The van der Waals surface area contributed by atoms with E-state index in [1.54, 1.807) is 43.3 Å². The Morgan fingerprint density at radius 2 is 1.51 bits per heavy atom. The maximum absolute atomic E-state index is 14.7. The van der Waals surface area contributed by atoms with Gasteiger partial charge in [-0.05, 0) is 103 Å². The molecule has 3 amide bonds. The van der Waals surface area contributed by atoms with E-state index in [1.807, 2.05) is 82.9 Å². The van der Waals surface area contributed by atoms with Crippen molar-refractivity contribution in [2.75, 3.05) is 19.1 Å². The summed E-state index contributed by atoms with van der Waals surface area (Å²) in [4.78, 5) is 47.5. The molecule has 0 fully saturated rings. The van der Waals surface area contributed by atoms with Crippen LogP contribution in [-0.4, -0.2) is 57.4 Å². The van der Waals surface area contributed by atoms with E-state index < -0.39 is 0 Å². The first-order valence-corrected chi connectivity index (χ1v) is 17.2. The first-order chi connectivity index (χ1) is 24.5. The Morgan fingerprint density at radius 3 is 2.20 bits per heavy atom. The number of phenolic OH excluding ortho intramolecular Hbond substituents is 1. The number of ether oxygens (including phenoxy) is 1. The van der Waals surface area contributed by atoms with E-state index in [1.165, 1.54) is 5.56 Å². The van der Waals surface area contributed by atoms with Crippen molar-refractivity contribution in [2.24, 2.45) is 7.05 Å². The zero-order valence-electron chi connectivity index (χ0n) is 29.6. The highest BCUT2D eigenvalue weighted by molar-refractivity contribution is 6.08. The monoisotopic (exact) mass is 682 g/mol. The second-order valence-corrected chi connectivity index (χ2v) is 13.7. The summed E-state index contributed by atoms with van der Waals surface area (Å²) in [6.07, 6.45) is 1.03. The number of methoxy groups -OCH3 is 1. The van der Waals surface area contributed by atoms with Gasteiger partial charge in [-0.3, -0.25) is 14.4 Å². The molecule has 1 N–H and O–H groups in total. The summed E-state index contributed by atoms with van der Waals surface area (Å²) in [6, 6.07) is 28.1. The molecular formula is C42H42N4O5. The number of carbonyl (C=O) groups is 3. The molecule has 0 spiro atoms. The van der Waals surface area contributed by atoms with Crippen LogP contribution < -0.4 is 9.64 Å². The number of fused-ring (bicyclic) bond motifs is 2. The average molecular weight is 683 g/mol. The molecule has 4 aromatic carbocycles. The first kappa shape index (κ1) is 33.7. The van der Waals surface area contributed by atoms with Crippen LogP contribution >= 0.6 is 0 Å². The lowest BCUT2D eigenvalue weighted by Gasteiger charge is -2.35. The van der Waals surface area contributed by atoms with Crippen LogP contribution in [0, 0.1) is 6.92 Å². The van der Waals surface area contributed by atoms with Crippen molar-refractivity contribution < 1.29 is 24.2 Å². The van der Waals surface area contributed by atoms with Crippen molar-refractivity contribution in [2.45, 2.75) is 52.4 Å². The number of phenols is 1. The minimum absolute atomic E-state index is 0.00640. The summed E-state index contributed by atoms with van der Waals surface area (Å²) in [5.41, 5.74) is 9.18. The molecule has 9 nitrogen and oxygen atoms in total. The Bertz CT molecular complexity index is 2150. The lowest BCUT2D eigenvalue weighted by Crippen LogP contribution is -2.42. The van der Waals surface area contributed by atoms with E-state index in [0.717, 1.165) is 51.4 Å². The fourth-order valence-electron chi connectivity index (χ4n) is 7.30. The third-order valence-electron chi connectivity index (χ3n) is 10.5. The normalized spacial score (nSPS) is 15.0. The largest absolute Gasteiger partial charge is 0.508 e. The van der Waals surface area contributed by atoms with Crippen molar-refractivity contribution in [1.29, 1.82) is 0 Å². The molecule has 1 atom stereocenters. The van der Waals surface area contributed by atoms with Crippen LogP contribution in [0.25, 0.3) is 11.3 Å². The summed E-state index contributed by atoms with van der Waals surface area (Å²) >= 11 is 0. The number of carbonyl (C=O) groups excluding carboxylic acids is 3. The van der Waals surface area contributed by atoms with Crippen LogP contribution in [0.3, 0.4) is 0 Å². The summed E-state index contributed by atoms with van der Waals surface area (Å²) < 4.78 is 7.24. The number of amides is 3. The number of hydrogen-bond donors (Lipinski definition) is 1. The number of benzene rings is 4. The van der Waals surface area contributed by atoms with Crippen molar-refractivity contribution in [3.8, 4) is 22.8 Å². The summed E-state index contributed by atoms with van der Waals surface area (Å²) in [5.74, 6) is 0.589. The summed E-state index contributed by atoms with van der Waals surface area (Å²) in [6.45, 7) is 5.34. The third-order valence-corrected chi connectivity index (χ3v) is 10.5. The van der Waals surface area contributed by atoms with E-state index in [-0.39, 0.29) is 35.9 Å². The lowest BCUT2D eigenvalue weighted by atomic mass is 9.92. The van der Waals surface area contributed by atoms with Gasteiger partial charge in [-0.1, -0.05) is 36.4 Å². The third kappa shape index (κ3) is 6.36. The molecule has 0 saturated carbocycles. The van der Waals surface area contributed by atoms with Crippen molar-refractivity contribution in [3.05, 3.63) is 136 Å². The molecule has 0 radical (unpaired) electrons. The maximum Gasteiger partial charge on any atom is 0.259 e. The predicted molar refractivity (Wildman–Crippen MR) is 197 cm³/mol. The van der Waals surface area contributed by atoms with Crippen molar-refractivity contribution in [3.63, 3.8) is 0 Å². The standard InChI is InChI=1S/C42H42N4O5/c1-26-18-29-8-6-7-9-30(29)25-46(26)42(50)38-21-32-24-45(40(48)19-28-10-16-35(51-5)17-11-28)23-31(32)20-37(38)39-22-36(27(2)43(39)3)41(49)44(4)33-12-14-34(47)15-13-33/h6-17,20-22,26,47H,18-19,23-25H2,1-5H3/t26-/m1/s1. The second kappa shape index (κ2) is 13.5. The van der Waals surface area contributed by atoms with Gasteiger partial charge in [-0.25, -0.2) is 0 Å². The molecule has 1 aromatic heterocycles. The van der Waals surface area contributed by atoms with Gasteiger partial charge in [0.2, 0.25) is 5.91 Å². The molecule has 0 unspecified atom stereocenters. The van der Waals surface area contributed by atoms with E-state index in [2.05, 4.69) is 19.1 Å². The smallest absolute Gasteiger partial charge is 0.259 e. The molecule has 0 aliphatic carbocycles. The highest BCUT2D eigenvalue weighted by atomic mass is 16.5. The Kier molecular flexibility index (Phi) is 8.89. The number of nitrogens with zero attached hydrogens (tertiary/aromatic N) is 4. The molecule has 5 aromatic rings. The maximum atomic E-state index is 14.7. The minimum Gasteiger partial charge on any atom is -0.508 e. The van der Waals surface area contributed by atoms with Crippen LogP contribution in [-0.2, 0) is 44.3 Å². The van der Waals surface area contributed by atoms with Crippen LogP contribution in [0.1, 0.15) is 61.2 Å². The Hall–Kier alpha value is -5.83. The summed E-state index contributed by atoms with van der Waals surface area (Å²) in [7, 11) is 5.23. The number of rotatable bonds is 7. The van der Waals surface area contributed by atoms with Gasteiger partial charge in [0.1, 0.15) is 11.5 Å². The molecular weight excluding hydrogens is 640 g/mol. The fourth-order valence-corrected chi connectivity index (χ4v) is 7.30. The second-order valence-electron chi connectivity index (χ2n) is 13.7. The highest BCUT2D eigenvalue weighted by Crippen LogP contribution is 2.37. The topological polar surface area (TPSA) is 95.3 Å². The number of hydrogen-bond acceptors (Lipinski definition) is 5. The van der Waals surface area contributed by atoms with Gasteiger partial charge in [-0.2, -0.15) is 0 Å². The van der Waals surface area contributed by atoms with E-state index >= 15 is 0 Å². The lowest BCUT2D eigenvalue weighted by molar-refractivity contribution is -0.131. The Balaban J connectivity index is 1.26. The zero-order chi connectivity index (χ0) is 36.0. The van der Waals surface area contributed by atoms with E-state index in [4.69, 9.17) is 4.74 Å². The fraction of sp³-hybridized carbons (Fsp3) is 0.262. The zero-order valence-corrected chi connectivity index (χ0v) is 29.6. The van der Waals surface area contributed by atoms with Gasteiger partial charge in [-0.15, -0.1) is 0 Å². The number of aromatic hydroxyl groups is 1. The SMILES string of the molecule is COc1ccc(CC(=O)N2Cc3cc(C(=O)N4Cc5ccccc5C[C@H]4C)c(-c4cc(C(=O)N(C)c5ccc(O)cc5)c(C)n4C)cc3C2)cc1. The van der Waals surface area contributed by atoms with Gasteiger partial charge < -0.3 is 29.1 Å². The Labute approximate surface area is 298 Å². The van der Waals surface area contributed by atoms with Crippen molar-refractivity contribution in [1.82, 2.24) is 14.4 Å². The van der Waals surface area contributed by atoms with E-state index in [9.17, 15) is 19.5 Å². The number of aromatic nitrogens is 1. The van der Waals surface area contributed by atoms with Gasteiger partial charge in [0.25, 0.3) is 11.8 Å². The number of anilines is 1. The molecule has 2 aliphatic heterocycles. The van der Waals surface area contributed by atoms with Gasteiger partial charge in [0.15, 0.2) is 0 Å². The molecule has 0 saturated heterocycles. The molecule has 2 aliphatic rings. The highest BCUT2D eigenvalue weighted by Gasteiger charge is 2.33. The molecule has 7 rings (SSSR count).